The molecule has 2 aromatic rings. The molecule has 2 atom stereocenters. The first-order valence-electron chi connectivity index (χ1n) is 7.85. The van der Waals surface area contributed by atoms with Gasteiger partial charge < -0.3 is 10.2 Å². The average Bonchev–Trinajstić information content (AvgIpc) is 3.23. The number of aryl methyl sites for hydroxylation is 1. The number of hydrogen-bond donors (Lipinski definition) is 2. The summed E-state index contributed by atoms with van der Waals surface area (Å²) in [5, 5.41) is 5.30. The Labute approximate surface area is 136 Å². The molecule has 3 rings (SSSR count). The minimum Gasteiger partial charge on any atom is -0.348 e. The molecule has 0 aliphatic heterocycles. The second-order valence-corrected chi connectivity index (χ2v) is 7.18. The molecule has 0 radical (unpaired) electrons. The molecular formula is C18H23N2OS+. The first kappa shape index (κ1) is 15.3. The zero-order chi connectivity index (χ0) is 15.5. The smallest absolute Gasteiger partial charge is 0.283 e. The lowest BCUT2D eigenvalue weighted by Gasteiger charge is -2.24. The highest BCUT2D eigenvalue weighted by Gasteiger charge is 2.33. The van der Waals surface area contributed by atoms with Gasteiger partial charge in [-0.25, -0.2) is 0 Å². The van der Waals surface area contributed by atoms with Crippen LogP contribution in [0.5, 0.6) is 0 Å². The Kier molecular flexibility index (Phi) is 4.60. The molecule has 1 unspecified atom stereocenters. The average molecular weight is 315 g/mol. The number of likely N-dealkylation sites (N-methyl/N-ethyl adjacent to an activating group) is 1. The summed E-state index contributed by atoms with van der Waals surface area (Å²) in [7, 11) is 2.11. The van der Waals surface area contributed by atoms with Crippen LogP contribution in [0.4, 0.5) is 0 Å². The van der Waals surface area contributed by atoms with Crippen molar-refractivity contribution in [1.82, 2.24) is 5.32 Å². The van der Waals surface area contributed by atoms with Crippen LogP contribution in [0.2, 0.25) is 0 Å². The van der Waals surface area contributed by atoms with Crippen molar-refractivity contribution in [2.75, 3.05) is 7.05 Å². The van der Waals surface area contributed by atoms with E-state index in [1.807, 2.05) is 18.2 Å². The summed E-state index contributed by atoms with van der Waals surface area (Å²) in [5.41, 5.74) is 2.41. The second kappa shape index (κ2) is 6.63. The number of amides is 1. The molecule has 1 amide bonds. The van der Waals surface area contributed by atoms with Gasteiger partial charge in [-0.2, -0.15) is 0 Å². The quantitative estimate of drug-likeness (QED) is 0.841. The number of thiophene rings is 1. The van der Waals surface area contributed by atoms with Crippen LogP contribution < -0.4 is 10.2 Å². The summed E-state index contributed by atoms with van der Waals surface area (Å²) in [6.45, 7) is 3.02. The third-order valence-corrected chi connectivity index (χ3v) is 5.24. The van der Waals surface area contributed by atoms with E-state index < -0.39 is 0 Å². The van der Waals surface area contributed by atoms with Gasteiger partial charge in [0.1, 0.15) is 6.54 Å². The number of carbonyl (C=O) groups is 1. The minimum absolute atomic E-state index is 0.150. The van der Waals surface area contributed by atoms with E-state index in [2.05, 4.69) is 42.9 Å². The van der Waals surface area contributed by atoms with Gasteiger partial charge in [-0.15, -0.1) is 11.3 Å². The number of benzene rings is 1. The Bertz CT molecular complexity index is 634. The third kappa shape index (κ3) is 3.57. The Morgan fingerprint density at radius 3 is 2.64 bits per heavy atom. The first-order valence-corrected chi connectivity index (χ1v) is 8.73. The van der Waals surface area contributed by atoms with E-state index in [0.717, 1.165) is 24.9 Å². The molecule has 1 aromatic heterocycles. The summed E-state index contributed by atoms with van der Waals surface area (Å²) in [6, 6.07) is 12.5. The molecule has 1 heterocycles. The van der Waals surface area contributed by atoms with Crippen LogP contribution in [-0.4, -0.2) is 19.0 Å². The van der Waals surface area contributed by atoms with Crippen LogP contribution in [0.3, 0.4) is 0 Å². The maximum atomic E-state index is 12.7. The van der Waals surface area contributed by atoms with Gasteiger partial charge in [0.25, 0.3) is 5.91 Å². The first-order chi connectivity index (χ1) is 10.6. The van der Waals surface area contributed by atoms with Gasteiger partial charge in [-0.3, -0.25) is 4.79 Å². The van der Waals surface area contributed by atoms with Crippen molar-refractivity contribution < 1.29 is 9.69 Å². The van der Waals surface area contributed by atoms with E-state index in [1.54, 1.807) is 11.3 Å². The molecule has 0 saturated heterocycles. The molecule has 1 aliphatic carbocycles. The Balaban J connectivity index is 1.80. The predicted molar refractivity (Wildman–Crippen MR) is 90.0 cm³/mol. The van der Waals surface area contributed by atoms with Gasteiger partial charge in [0.15, 0.2) is 6.04 Å². The van der Waals surface area contributed by atoms with Gasteiger partial charge in [-0.1, -0.05) is 30.3 Å². The van der Waals surface area contributed by atoms with E-state index in [0.29, 0.717) is 6.04 Å². The number of quaternary nitrogens is 1. The van der Waals surface area contributed by atoms with E-state index >= 15 is 0 Å². The number of rotatable bonds is 6. The molecular weight excluding hydrogens is 292 g/mol. The van der Waals surface area contributed by atoms with E-state index in [1.165, 1.54) is 15.3 Å². The number of carbonyl (C=O) groups excluding carboxylic acids is 1. The van der Waals surface area contributed by atoms with Crippen molar-refractivity contribution >= 4 is 17.2 Å². The molecule has 1 aliphatic rings. The highest BCUT2D eigenvalue weighted by molar-refractivity contribution is 7.10. The lowest BCUT2D eigenvalue weighted by molar-refractivity contribution is -0.915. The van der Waals surface area contributed by atoms with Crippen LogP contribution >= 0.6 is 11.3 Å². The lowest BCUT2D eigenvalue weighted by Crippen LogP contribution is -3.09. The Morgan fingerprint density at radius 1 is 1.32 bits per heavy atom. The standard InChI is InChI=1S/C18H22N2OS/c1-13-10-11-22-16(13)12-20(2)17(14-6-4-3-5-7-14)18(21)19-15-8-9-15/h3-7,10-11,15,17H,8-9,12H2,1-2H3,(H,19,21)/p+1/t17-/m1/s1. The highest BCUT2D eigenvalue weighted by atomic mass is 32.1. The van der Waals surface area contributed by atoms with Crippen LogP contribution in [0.15, 0.2) is 41.8 Å². The minimum atomic E-state index is -0.150. The predicted octanol–water partition coefficient (Wildman–Crippen LogP) is 2.09. The second-order valence-electron chi connectivity index (χ2n) is 6.18. The van der Waals surface area contributed by atoms with Crippen LogP contribution in [0.1, 0.15) is 34.9 Å². The summed E-state index contributed by atoms with van der Waals surface area (Å²) < 4.78 is 0. The zero-order valence-electron chi connectivity index (χ0n) is 13.1. The maximum Gasteiger partial charge on any atom is 0.283 e. The molecule has 0 spiro atoms. The van der Waals surface area contributed by atoms with Gasteiger partial charge in [0.05, 0.1) is 11.9 Å². The van der Waals surface area contributed by atoms with Crippen LogP contribution in [0, 0.1) is 6.92 Å². The van der Waals surface area contributed by atoms with E-state index in [4.69, 9.17) is 0 Å². The SMILES string of the molecule is Cc1ccsc1C[NH+](C)[C@@H](C(=O)NC1CC1)c1ccccc1. The Morgan fingerprint density at radius 2 is 2.05 bits per heavy atom. The van der Waals surface area contributed by atoms with E-state index in [-0.39, 0.29) is 11.9 Å². The van der Waals surface area contributed by atoms with Gasteiger partial charge in [0, 0.05) is 11.6 Å². The highest BCUT2D eigenvalue weighted by Crippen LogP contribution is 2.21. The summed E-state index contributed by atoms with van der Waals surface area (Å²) in [6.07, 6.45) is 2.24. The monoisotopic (exact) mass is 315 g/mol. The summed E-state index contributed by atoms with van der Waals surface area (Å²) >= 11 is 1.78. The van der Waals surface area contributed by atoms with Crippen molar-refractivity contribution in [2.24, 2.45) is 0 Å². The van der Waals surface area contributed by atoms with Crippen LogP contribution in [-0.2, 0) is 11.3 Å². The van der Waals surface area contributed by atoms with Crippen LogP contribution in [0.25, 0.3) is 0 Å². The summed E-state index contributed by atoms with van der Waals surface area (Å²) in [4.78, 5) is 15.3. The van der Waals surface area contributed by atoms with Crippen molar-refractivity contribution in [3.8, 4) is 0 Å². The maximum absolute atomic E-state index is 12.7. The fourth-order valence-corrected chi connectivity index (χ4v) is 3.76. The zero-order valence-corrected chi connectivity index (χ0v) is 14.0. The van der Waals surface area contributed by atoms with Crippen molar-refractivity contribution in [3.63, 3.8) is 0 Å². The fraction of sp³-hybridized carbons (Fsp3) is 0.389. The number of nitrogens with one attached hydrogen (secondary N) is 2. The molecule has 1 saturated carbocycles. The van der Waals surface area contributed by atoms with Gasteiger partial charge in [-0.05, 0) is 36.8 Å². The molecule has 3 nitrogen and oxygen atoms in total. The fourth-order valence-electron chi connectivity index (χ4n) is 2.76. The van der Waals surface area contributed by atoms with Crippen molar-refractivity contribution in [3.05, 3.63) is 57.8 Å². The van der Waals surface area contributed by atoms with E-state index in [9.17, 15) is 4.79 Å². The lowest BCUT2D eigenvalue weighted by atomic mass is 10.0. The Hall–Kier alpha value is -1.65. The largest absolute Gasteiger partial charge is 0.348 e. The molecule has 116 valence electrons. The third-order valence-electron chi connectivity index (χ3n) is 4.22. The van der Waals surface area contributed by atoms with Gasteiger partial charge >= 0.3 is 0 Å². The number of hydrogen-bond acceptors (Lipinski definition) is 2. The van der Waals surface area contributed by atoms with Crippen molar-refractivity contribution in [2.45, 2.75) is 38.4 Å². The molecule has 22 heavy (non-hydrogen) atoms. The van der Waals surface area contributed by atoms with Crippen molar-refractivity contribution in [1.29, 1.82) is 0 Å². The normalized spacial score (nSPS) is 17.0. The van der Waals surface area contributed by atoms with Gasteiger partial charge in [0.2, 0.25) is 0 Å². The molecule has 1 fully saturated rings. The molecule has 0 bridgehead atoms. The molecule has 1 aromatic carbocycles. The summed E-state index contributed by atoms with van der Waals surface area (Å²) in [5.74, 6) is 0.153. The molecule has 2 N–H and O–H groups in total. The molecule has 4 heteroatoms. The topological polar surface area (TPSA) is 33.5 Å².